The number of anilines is 2. The molecule has 2 aliphatic rings. The first kappa shape index (κ1) is 23.4. The number of ketones is 1. The summed E-state index contributed by atoms with van der Waals surface area (Å²) in [4.78, 5) is 38.3. The summed E-state index contributed by atoms with van der Waals surface area (Å²) in [6.45, 7) is 1.37. The highest BCUT2D eigenvalue weighted by Gasteiger charge is 2.28. The van der Waals surface area contributed by atoms with Gasteiger partial charge in [0.15, 0.2) is 12.4 Å². The molecule has 0 saturated carbocycles. The van der Waals surface area contributed by atoms with Gasteiger partial charge in [-0.15, -0.1) is 11.3 Å². The molecule has 1 aliphatic carbocycles. The highest BCUT2D eigenvalue weighted by molar-refractivity contribution is 7.92. The van der Waals surface area contributed by atoms with Crippen LogP contribution in [-0.2, 0) is 38.8 Å². The van der Waals surface area contributed by atoms with E-state index in [1.54, 1.807) is 18.2 Å². The molecule has 0 bridgehead atoms. The van der Waals surface area contributed by atoms with Gasteiger partial charge in [-0.1, -0.05) is 0 Å². The van der Waals surface area contributed by atoms with Crippen LogP contribution in [0.3, 0.4) is 0 Å². The number of hydrogen-bond acceptors (Lipinski definition) is 7. The van der Waals surface area contributed by atoms with Crippen LogP contribution in [0.4, 0.5) is 10.7 Å². The topological polar surface area (TPSA) is 110 Å². The van der Waals surface area contributed by atoms with Crippen molar-refractivity contribution in [1.82, 2.24) is 0 Å². The second kappa shape index (κ2) is 9.26. The number of Topliss-reactive ketones (excluding diaryl/α,β-unsaturated/α-hetero) is 1. The number of esters is 1. The Hall–Kier alpha value is -2.72. The van der Waals surface area contributed by atoms with Crippen molar-refractivity contribution in [1.29, 1.82) is 0 Å². The summed E-state index contributed by atoms with van der Waals surface area (Å²) in [6.07, 6.45) is 6.10. The van der Waals surface area contributed by atoms with Crippen LogP contribution in [0.2, 0.25) is 0 Å². The van der Waals surface area contributed by atoms with Crippen LogP contribution in [0.15, 0.2) is 18.2 Å². The van der Waals surface area contributed by atoms with Gasteiger partial charge in [-0.25, -0.2) is 13.2 Å². The Kier molecular flexibility index (Phi) is 6.58. The second-order valence-electron chi connectivity index (χ2n) is 8.38. The van der Waals surface area contributed by atoms with E-state index >= 15 is 0 Å². The normalized spacial score (nSPS) is 15.4. The van der Waals surface area contributed by atoms with Crippen LogP contribution in [0.1, 0.15) is 62.9 Å². The zero-order valence-electron chi connectivity index (χ0n) is 18.6. The number of fused-ring (bicyclic) bond motifs is 2. The van der Waals surface area contributed by atoms with E-state index in [1.165, 1.54) is 28.8 Å². The lowest BCUT2D eigenvalue weighted by Crippen LogP contribution is -2.34. The summed E-state index contributed by atoms with van der Waals surface area (Å²) < 4.78 is 30.8. The molecule has 0 atom stereocenters. The molecule has 0 unspecified atom stereocenters. The van der Waals surface area contributed by atoms with Gasteiger partial charge in [-0.3, -0.25) is 13.9 Å². The molecule has 2 aromatic rings. The maximum absolute atomic E-state index is 12.9. The van der Waals surface area contributed by atoms with Gasteiger partial charge >= 0.3 is 5.97 Å². The van der Waals surface area contributed by atoms with Crippen molar-refractivity contribution < 1.29 is 27.5 Å². The summed E-state index contributed by atoms with van der Waals surface area (Å²) in [6, 6.07) is 4.88. The number of nitrogens with zero attached hydrogens (tertiary/aromatic N) is 1. The molecule has 10 heteroatoms. The van der Waals surface area contributed by atoms with Crippen LogP contribution >= 0.6 is 11.3 Å². The molecule has 4 rings (SSSR count). The van der Waals surface area contributed by atoms with Crippen molar-refractivity contribution >= 4 is 49.7 Å². The minimum absolute atomic E-state index is 0.268. The first-order valence-electron chi connectivity index (χ1n) is 10.9. The Balaban J connectivity index is 1.50. The molecule has 0 spiro atoms. The molecule has 8 nitrogen and oxygen atoms in total. The maximum Gasteiger partial charge on any atom is 0.341 e. The fourth-order valence-electron chi connectivity index (χ4n) is 4.40. The lowest BCUT2D eigenvalue weighted by molar-refractivity contribution is -0.114. The zero-order chi connectivity index (χ0) is 23.8. The number of carbonyl (C=O) groups is 3. The lowest BCUT2D eigenvalue weighted by Gasteiger charge is -2.29. The first-order chi connectivity index (χ1) is 15.6. The summed E-state index contributed by atoms with van der Waals surface area (Å²) in [5.41, 5.74) is 2.99. The molecule has 2 heterocycles. The predicted molar refractivity (Wildman–Crippen MR) is 127 cm³/mol. The van der Waals surface area contributed by atoms with E-state index in [2.05, 4.69) is 5.32 Å². The molecule has 1 N–H and O–H groups in total. The largest absolute Gasteiger partial charge is 0.454 e. The van der Waals surface area contributed by atoms with Gasteiger partial charge in [-0.2, -0.15) is 0 Å². The number of amides is 1. The highest BCUT2D eigenvalue weighted by atomic mass is 32.2. The molecular formula is C23H26N2O6S2. The predicted octanol–water partition coefficient (Wildman–Crippen LogP) is 3.34. The highest BCUT2D eigenvalue weighted by Crippen LogP contribution is 2.38. The van der Waals surface area contributed by atoms with Crippen LogP contribution in [-0.4, -0.2) is 45.5 Å². The molecule has 0 radical (unpaired) electrons. The zero-order valence-corrected chi connectivity index (χ0v) is 20.2. The number of aryl methyl sites for hydroxylation is 2. The number of ether oxygens (including phenoxy) is 1. The van der Waals surface area contributed by atoms with Crippen LogP contribution in [0, 0.1) is 0 Å². The van der Waals surface area contributed by atoms with Crippen LogP contribution in [0.25, 0.3) is 0 Å². The fraction of sp³-hybridized carbons (Fsp3) is 0.435. The van der Waals surface area contributed by atoms with Gasteiger partial charge in [0.1, 0.15) is 5.00 Å². The SMILES string of the molecule is CC(=O)Nc1sc2c(c1C(=O)OCC(=O)c1ccc3c(c1)CCCN3S(C)(=O)=O)CCCC2. The van der Waals surface area contributed by atoms with E-state index in [0.717, 1.165) is 41.7 Å². The molecule has 1 aromatic carbocycles. The molecule has 0 fully saturated rings. The monoisotopic (exact) mass is 490 g/mol. The molecule has 176 valence electrons. The van der Waals surface area contributed by atoms with Crippen molar-refractivity contribution in [2.24, 2.45) is 0 Å². The number of benzene rings is 1. The quantitative estimate of drug-likeness (QED) is 0.491. The Morgan fingerprint density at radius 3 is 2.61 bits per heavy atom. The summed E-state index contributed by atoms with van der Waals surface area (Å²) in [7, 11) is -3.39. The molecule has 1 aromatic heterocycles. The van der Waals surface area contributed by atoms with Gasteiger partial charge < -0.3 is 10.1 Å². The Bertz CT molecular complexity index is 1230. The van der Waals surface area contributed by atoms with E-state index < -0.39 is 22.6 Å². The van der Waals surface area contributed by atoms with Crippen molar-refractivity contribution in [3.05, 3.63) is 45.3 Å². The molecule has 1 amide bonds. The Labute approximate surface area is 197 Å². The standard InChI is InChI=1S/C23H26N2O6S2/c1-14(26)24-22-21(17-7-3-4-8-20(17)32-22)23(28)31-13-19(27)16-9-10-18-15(12-16)6-5-11-25(18)33(2,29)30/h9-10,12H,3-8,11,13H2,1-2H3,(H,24,26). The lowest BCUT2D eigenvalue weighted by atomic mass is 9.95. The van der Waals surface area contributed by atoms with Crippen molar-refractivity contribution in [3.8, 4) is 0 Å². The van der Waals surface area contributed by atoms with Gasteiger partial charge in [-0.05, 0) is 67.9 Å². The van der Waals surface area contributed by atoms with Gasteiger partial charge in [0, 0.05) is 23.9 Å². The van der Waals surface area contributed by atoms with Gasteiger partial charge in [0.25, 0.3) is 0 Å². The fourth-order valence-corrected chi connectivity index (χ4v) is 6.72. The number of nitrogens with one attached hydrogen (secondary N) is 1. The molecular weight excluding hydrogens is 464 g/mol. The minimum atomic E-state index is -3.39. The maximum atomic E-state index is 12.9. The minimum Gasteiger partial charge on any atom is -0.454 e. The Morgan fingerprint density at radius 2 is 1.88 bits per heavy atom. The third kappa shape index (κ3) is 4.96. The molecule has 33 heavy (non-hydrogen) atoms. The average Bonchev–Trinajstić information content (AvgIpc) is 3.12. The summed E-state index contributed by atoms with van der Waals surface area (Å²) >= 11 is 1.40. The number of hydrogen-bond donors (Lipinski definition) is 1. The Morgan fingerprint density at radius 1 is 1.12 bits per heavy atom. The van der Waals surface area contributed by atoms with E-state index in [9.17, 15) is 22.8 Å². The number of carbonyl (C=O) groups excluding carboxylic acids is 3. The smallest absolute Gasteiger partial charge is 0.341 e. The van der Waals surface area contributed by atoms with Crippen molar-refractivity contribution in [3.63, 3.8) is 0 Å². The third-order valence-corrected chi connectivity index (χ3v) is 8.26. The number of thiophene rings is 1. The summed E-state index contributed by atoms with van der Waals surface area (Å²) in [5.74, 6) is -1.25. The van der Waals surface area contributed by atoms with Gasteiger partial charge in [0.2, 0.25) is 15.9 Å². The van der Waals surface area contributed by atoms with E-state index in [0.29, 0.717) is 41.2 Å². The van der Waals surface area contributed by atoms with Crippen LogP contribution < -0.4 is 9.62 Å². The average molecular weight is 491 g/mol. The molecule has 0 saturated heterocycles. The third-order valence-electron chi connectivity index (χ3n) is 5.88. The first-order valence-corrected chi connectivity index (χ1v) is 13.5. The van der Waals surface area contributed by atoms with Crippen molar-refractivity contribution in [2.45, 2.75) is 45.4 Å². The number of rotatable bonds is 6. The number of sulfonamides is 1. The van der Waals surface area contributed by atoms with Crippen molar-refractivity contribution in [2.75, 3.05) is 29.0 Å². The van der Waals surface area contributed by atoms with Gasteiger partial charge in [0.05, 0.1) is 17.5 Å². The van der Waals surface area contributed by atoms with E-state index in [-0.39, 0.29) is 11.7 Å². The van der Waals surface area contributed by atoms with Crippen LogP contribution in [0.5, 0.6) is 0 Å². The van der Waals surface area contributed by atoms with E-state index in [4.69, 9.17) is 4.74 Å². The molecule has 1 aliphatic heterocycles. The second-order valence-corrected chi connectivity index (χ2v) is 11.4. The summed E-state index contributed by atoms with van der Waals surface area (Å²) in [5, 5.41) is 3.19. The van der Waals surface area contributed by atoms with E-state index in [1.807, 2.05) is 0 Å².